The summed E-state index contributed by atoms with van der Waals surface area (Å²) in [6, 6.07) is 4.00. The van der Waals surface area contributed by atoms with E-state index in [1.165, 1.54) is 0 Å². The van der Waals surface area contributed by atoms with Gasteiger partial charge < -0.3 is 5.32 Å². The number of rotatable bonds is 5. The molecule has 0 amide bonds. The number of thiophene rings is 1. The van der Waals surface area contributed by atoms with Crippen molar-refractivity contribution >= 4 is 38.8 Å². The van der Waals surface area contributed by atoms with Crippen molar-refractivity contribution in [3.05, 3.63) is 36.6 Å². The molecule has 0 bridgehead atoms. The number of hydrogen-bond donors (Lipinski definition) is 1. The third-order valence-electron chi connectivity index (χ3n) is 2.78. The topological polar surface area (TPSA) is 73.0 Å². The standard InChI is InChI=1S/C12H15BrN4O2S/c1-7(2)16-12(11(17(18)19)8(3)15-16)14-6-9-4-5-10(13)20-9/h4-5,7,14H,6H2,1-3H3. The molecule has 0 aromatic carbocycles. The van der Waals surface area contributed by atoms with E-state index < -0.39 is 0 Å². The number of hydrogen-bond acceptors (Lipinski definition) is 5. The van der Waals surface area contributed by atoms with Gasteiger partial charge in [0.1, 0.15) is 5.69 Å². The van der Waals surface area contributed by atoms with Crippen LogP contribution in [-0.2, 0) is 6.54 Å². The van der Waals surface area contributed by atoms with E-state index in [9.17, 15) is 10.1 Å². The largest absolute Gasteiger partial charge is 0.360 e. The zero-order chi connectivity index (χ0) is 14.9. The van der Waals surface area contributed by atoms with Gasteiger partial charge in [0, 0.05) is 10.9 Å². The molecule has 0 aliphatic rings. The SMILES string of the molecule is Cc1nn(C(C)C)c(NCc2ccc(Br)s2)c1[N+](=O)[O-]. The Balaban J connectivity index is 2.31. The van der Waals surface area contributed by atoms with Gasteiger partial charge in [0.15, 0.2) is 0 Å². The van der Waals surface area contributed by atoms with Crippen molar-refractivity contribution in [3.63, 3.8) is 0 Å². The summed E-state index contributed by atoms with van der Waals surface area (Å²) in [5, 5.41) is 18.6. The summed E-state index contributed by atoms with van der Waals surface area (Å²) < 4.78 is 2.70. The predicted molar refractivity (Wildman–Crippen MR) is 83.3 cm³/mol. The minimum absolute atomic E-state index is 0.0503. The van der Waals surface area contributed by atoms with Crippen LogP contribution in [0.15, 0.2) is 15.9 Å². The summed E-state index contributed by atoms with van der Waals surface area (Å²) in [6.45, 7) is 6.09. The van der Waals surface area contributed by atoms with E-state index in [0.29, 0.717) is 18.1 Å². The van der Waals surface area contributed by atoms with E-state index in [1.807, 2.05) is 26.0 Å². The minimum Gasteiger partial charge on any atom is -0.360 e. The number of halogens is 1. The summed E-state index contributed by atoms with van der Waals surface area (Å²) in [6.07, 6.45) is 0. The first-order chi connectivity index (χ1) is 9.40. The van der Waals surface area contributed by atoms with Crippen molar-refractivity contribution in [2.75, 3.05) is 5.32 Å². The smallest absolute Gasteiger partial charge is 0.333 e. The van der Waals surface area contributed by atoms with Crippen LogP contribution in [0, 0.1) is 17.0 Å². The monoisotopic (exact) mass is 358 g/mol. The van der Waals surface area contributed by atoms with Crippen LogP contribution in [-0.4, -0.2) is 14.7 Å². The van der Waals surface area contributed by atoms with E-state index in [1.54, 1.807) is 22.9 Å². The number of aromatic nitrogens is 2. The lowest BCUT2D eigenvalue weighted by atomic mass is 10.3. The maximum absolute atomic E-state index is 11.2. The van der Waals surface area contributed by atoms with E-state index in [0.717, 1.165) is 8.66 Å². The first kappa shape index (κ1) is 15.0. The highest BCUT2D eigenvalue weighted by Gasteiger charge is 2.26. The highest BCUT2D eigenvalue weighted by atomic mass is 79.9. The Morgan fingerprint density at radius 2 is 2.25 bits per heavy atom. The van der Waals surface area contributed by atoms with Crippen LogP contribution < -0.4 is 5.32 Å². The maximum atomic E-state index is 11.2. The van der Waals surface area contributed by atoms with Gasteiger partial charge in [0.05, 0.1) is 15.3 Å². The second-order valence-electron chi connectivity index (χ2n) is 4.64. The van der Waals surface area contributed by atoms with Crippen molar-refractivity contribution in [3.8, 4) is 0 Å². The third-order valence-corrected chi connectivity index (χ3v) is 4.41. The molecule has 0 saturated carbocycles. The summed E-state index contributed by atoms with van der Waals surface area (Å²) in [5.74, 6) is 0.465. The van der Waals surface area contributed by atoms with Crippen molar-refractivity contribution in [2.45, 2.75) is 33.4 Å². The van der Waals surface area contributed by atoms with E-state index >= 15 is 0 Å². The van der Waals surface area contributed by atoms with Gasteiger partial charge in [-0.3, -0.25) is 10.1 Å². The molecular weight excluding hydrogens is 344 g/mol. The fraction of sp³-hybridized carbons (Fsp3) is 0.417. The van der Waals surface area contributed by atoms with Crippen molar-refractivity contribution in [1.29, 1.82) is 0 Å². The molecule has 108 valence electrons. The Hall–Kier alpha value is -1.41. The molecule has 2 aromatic heterocycles. The Labute approximate surface area is 129 Å². The molecule has 6 nitrogen and oxygen atoms in total. The molecule has 0 aliphatic carbocycles. The summed E-state index contributed by atoms with van der Waals surface area (Å²) in [5.41, 5.74) is 0.480. The Bertz CT molecular complexity index is 635. The van der Waals surface area contributed by atoms with Crippen LogP contribution in [0.4, 0.5) is 11.5 Å². The lowest BCUT2D eigenvalue weighted by Crippen LogP contribution is -2.10. The lowest BCUT2D eigenvalue weighted by molar-refractivity contribution is -0.384. The Morgan fingerprint density at radius 1 is 1.55 bits per heavy atom. The molecule has 0 spiro atoms. The third kappa shape index (κ3) is 3.01. The summed E-state index contributed by atoms with van der Waals surface area (Å²) >= 11 is 5.00. The van der Waals surface area contributed by atoms with Crippen molar-refractivity contribution in [1.82, 2.24) is 9.78 Å². The molecule has 0 unspecified atom stereocenters. The molecule has 2 rings (SSSR count). The lowest BCUT2D eigenvalue weighted by Gasteiger charge is -2.11. The Morgan fingerprint density at radius 3 is 2.75 bits per heavy atom. The van der Waals surface area contributed by atoms with Gasteiger partial charge in [-0.2, -0.15) is 5.10 Å². The van der Waals surface area contributed by atoms with Crippen molar-refractivity contribution < 1.29 is 4.92 Å². The van der Waals surface area contributed by atoms with E-state index in [4.69, 9.17) is 0 Å². The van der Waals surface area contributed by atoms with Gasteiger partial charge in [0.25, 0.3) is 0 Å². The second kappa shape index (κ2) is 5.92. The molecule has 0 fully saturated rings. The zero-order valence-corrected chi connectivity index (χ0v) is 13.8. The van der Waals surface area contributed by atoms with Gasteiger partial charge in [-0.1, -0.05) is 0 Å². The average molecular weight is 359 g/mol. The quantitative estimate of drug-likeness (QED) is 0.644. The summed E-state index contributed by atoms with van der Waals surface area (Å²) in [4.78, 5) is 11.9. The zero-order valence-electron chi connectivity index (χ0n) is 11.4. The molecule has 0 radical (unpaired) electrons. The first-order valence-electron chi connectivity index (χ1n) is 6.11. The fourth-order valence-electron chi connectivity index (χ4n) is 1.91. The first-order valence-corrected chi connectivity index (χ1v) is 7.72. The molecule has 2 aromatic rings. The highest BCUT2D eigenvalue weighted by molar-refractivity contribution is 9.11. The molecule has 2 heterocycles. The van der Waals surface area contributed by atoms with E-state index in [-0.39, 0.29) is 16.7 Å². The van der Waals surface area contributed by atoms with Crippen LogP contribution in [0.3, 0.4) is 0 Å². The van der Waals surface area contributed by atoms with Crippen LogP contribution in [0.2, 0.25) is 0 Å². The van der Waals surface area contributed by atoms with Crippen LogP contribution in [0.5, 0.6) is 0 Å². The van der Waals surface area contributed by atoms with Gasteiger partial charge >= 0.3 is 5.69 Å². The Kier molecular flexibility index (Phi) is 4.44. The highest BCUT2D eigenvalue weighted by Crippen LogP contribution is 2.31. The number of nitrogens with zero attached hydrogens (tertiary/aromatic N) is 3. The number of nitro groups is 1. The maximum Gasteiger partial charge on any atom is 0.333 e. The predicted octanol–water partition coefficient (Wildman–Crippen LogP) is 4.12. The second-order valence-corrected chi connectivity index (χ2v) is 7.18. The van der Waals surface area contributed by atoms with Gasteiger partial charge in [-0.05, 0) is 48.8 Å². The van der Waals surface area contributed by atoms with Gasteiger partial charge in [-0.15, -0.1) is 11.3 Å². The van der Waals surface area contributed by atoms with Crippen LogP contribution >= 0.6 is 27.3 Å². The normalized spacial score (nSPS) is 11.1. The number of anilines is 1. The molecule has 1 N–H and O–H groups in total. The van der Waals surface area contributed by atoms with Crippen LogP contribution in [0.25, 0.3) is 0 Å². The van der Waals surface area contributed by atoms with Gasteiger partial charge in [-0.25, -0.2) is 4.68 Å². The van der Waals surface area contributed by atoms with Gasteiger partial charge in [0.2, 0.25) is 5.82 Å². The number of aryl methyl sites for hydroxylation is 1. The van der Waals surface area contributed by atoms with Crippen LogP contribution in [0.1, 0.15) is 30.5 Å². The van der Waals surface area contributed by atoms with E-state index in [2.05, 4.69) is 26.3 Å². The minimum atomic E-state index is -0.381. The molecular formula is C12H15BrN4O2S. The number of nitrogens with one attached hydrogen (secondary N) is 1. The average Bonchev–Trinajstić information content (AvgIpc) is 2.90. The molecule has 0 atom stereocenters. The summed E-state index contributed by atoms with van der Waals surface area (Å²) in [7, 11) is 0. The molecule has 0 saturated heterocycles. The molecule has 8 heteroatoms. The molecule has 20 heavy (non-hydrogen) atoms. The van der Waals surface area contributed by atoms with Crippen molar-refractivity contribution in [2.24, 2.45) is 0 Å². The molecule has 0 aliphatic heterocycles. The fourth-order valence-corrected chi connectivity index (χ4v) is 3.34.